The van der Waals surface area contributed by atoms with Crippen LogP contribution in [0.4, 0.5) is 0 Å². The average molecular weight is 283 g/mol. The predicted molar refractivity (Wildman–Crippen MR) is 68.0 cm³/mol. The normalized spacial score (nSPS) is 36.6. The molecule has 0 radical (unpaired) electrons. The van der Waals surface area contributed by atoms with Crippen LogP contribution in [0.3, 0.4) is 0 Å². The SMILES string of the molecule is CC[C@]12CN(OC)[C@H]([C@H](n3ccc(=O)[nH]c3=O)O1)[C@H]2O. The fourth-order valence-corrected chi connectivity index (χ4v) is 3.09. The number of aliphatic hydroxyl groups excluding tert-OH is 1. The van der Waals surface area contributed by atoms with Crippen molar-refractivity contribution in [3.63, 3.8) is 0 Å². The fourth-order valence-electron chi connectivity index (χ4n) is 3.09. The molecule has 2 fully saturated rings. The Labute approximate surface area is 114 Å². The summed E-state index contributed by atoms with van der Waals surface area (Å²) in [5, 5.41) is 12.0. The molecule has 2 bridgehead atoms. The number of H-pyrrole nitrogens is 1. The van der Waals surface area contributed by atoms with Crippen LogP contribution in [0, 0.1) is 0 Å². The number of rotatable bonds is 3. The minimum Gasteiger partial charge on any atom is -0.388 e. The molecular weight excluding hydrogens is 266 g/mol. The number of nitrogens with zero attached hydrogens (tertiary/aromatic N) is 2. The summed E-state index contributed by atoms with van der Waals surface area (Å²) in [7, 11) is 1.52. The second-order valence-corrected chi connectivity index (χ2v) is 5.14. The van der Waals surface area contributed by atoms with E-state index in [0.29, 0.717) is 13.0 Å². The Morgan fingerprint density at radius 2 is 2.35 bits per heavy atom. The summed E-state index contributed by atoms with van der Waals surface area (Å²) in [4.78, 5) is 30.5. The molecule has 2 N–H and O–H groups in total. The van der Waals surface area contributed by atoms with E-state index in [1.165, 1.54) is 23.9 Å². The molecule has 0 unspecified atom stereocenters. The molecule has 8 nitrogen and oxygen atoms in total. The number of hydrogen-bond acceptors (Lipinski definition) is 6. The second kappa shape index (κ2) is 4.52. The van der Waals surface area contributed by atoms with Crippen molar-refractivity contribution in [2.75, 3.05) is 13.7 Å². The van der Waals surface area contributed by atoms with Gasteiger partial charge in [-0.1, -0.05) is 6.92 Å². The first kappa shape index (κ1) is 13.5. The highest BCUT2D eigenvalue weighted by Gasteiger charge is 2.63. The van der Waals surface area contributed by atoms with Gasteiger partial charge >= 0.3 is 5.69 Å². The maximum atomic E-state index is 11.9. The molecule has 2 saturated heterocycles. The van der Waals surface area contributed by atoms with Crippen molar-refractivity contribution in [1.29, 1.82) is 0 Å². The number of morpholine rings is 1. The summed E-state index contributed by atoms with van der Waals surface area (Å²) >= 11 is 0. The van der Waals surface area contributed by atoms with E-state index < -0.39 is 35.2 Å². The lowest BCUT2D eigenvalue weighted by atomic mass is 9.96. The Balaban J connectivity index is 2.04. The maximum absolute atomic E-state index is 11.9. The molecule has 0 spiro atoms. The van der Waals surface area contributed by atoms with Gasteiger partial charge in [-0.3, -0.25) is 14.3 Å². The molecule has 0 aliphatic carbocycles. The summed E-state index contributed by atoms with van der Waals surface area (Å²) in [5.41, 5.74) is -1.78. The predicted octanol–water partition coefficient (Wildman–Crippen LogP) is -1.18. The van der Waals surface area contributed by atoms with E-state index in [0.717, 1.165) is 0 Å². The molecule has 2 aliphatic rings. The van der Waals surface area contributed by atoms with Gasteiger partial charge in [0, 0.05) is 12.3 Å². The zero-order chi connectivity index (χ0) is 14.5. The van der Waals surface area contributed by atoms with Gasteiger partial charge < -0.3 is 14.7 Å². The van der Waals surface area contributed by atoms with E-state index in [1.807, 2.05) is 6.92 Å². The fraction of sp³-hybridized carbons (Fsp3) is 0.667. The van der Waals surface area contributed by atoms with Crippen LogP contribution in [-0.4, -0.2) is 51.1 Å². The first-order valence-corrected chi connectivity index (χ1v) is 6.50. The molecule has 1 aromatic heterocycles. The lowest BCUT2D eigenvalue weighted by molar-refractivity contribution is -0.235. The van der Waals surface area contributed by atoms with Gasteiger partial charge in [-0.25, -0.2) is 4.79 Å². The summed E-state index contributed by atoms with van der Waals surface area (Å²) in [5.74, 6) is 0. The Hall–Kier alpha value is -1.48. The molecular formula is C12H17N3O5. The van der Waals surface area contributed by atoms with Crippen LogP contribution in [0.5, 0.6) is 0 Å². The highest BCUT2D eigenvalue weighted by Crippen LogP contribution is 2.47. The standard InChI is InChI=1S/C12H17N3O5/c1-3-12-6-15(19-2)8(9(12)17)10(20-12)14-5-4-7(16)13-11(14)18/h4-5,8-10,17H,3,6H2,1-2H3,(H,13,16,18)/t8-,9+,10+,12+/m0/s1. The van der Waals surface area contributed by atoms with Crippen molar-refractivity contribution in [2.24, 2.45) is 0 Å². The van der Waals surface area contributed by atoms with E-state index >= 15 is 0 Å². The monoisotopic (exact) mass is 283 g/mol. The number of hydrogen-bond donors (Lipinski definition) is 2. The van der Waals surface area contributed by atoms with E-state index in [-0.39, 0.29) is 0 Å². The summed E-state index contributed by atoms with van der Waals surface area (Å²) < 4.78 is 7.19. The highest BCUT2D eigenvalue weighted by atomic mass is 16.7. The molecule has 110 valence electrons. The van der Waals surface area contributed by atoms with Crippen LogP contribution in [-0.2, 0) is 9.57 Å². The van der Waals surface area contributed by atoms with Crippen LogP contribution in [0.15, 0.2) is 21.9 Å². The average Bonchev–Trinajstić information content (AvgIpc) is 2.87. The summed E-state index contributed by atoms with van der Waals surface area (Å²) in [6.45, 7) is 2.36. The van der Waals surface area contributed by atoms with Gasteiger partial charge in [0.2, 0.25) is 0 Å². The molecule has 3 rings (SSSR count). The van der Waals surface area contributed by atoms with E-state index in [1.54, 1.807) is 5.06 Å². The van der Waals surface area contributed by atoms with Crippen molar-refractivity contribution in [1.82, 2.24) is 14.6 Å². The van der Waals surface area contributed by atoms with Crippen molar-refractivity contribution in [2.45, 2.75) is 37.3 Å². The number of ether oxygens (including phenoxy) is 1. The smallest absolute Gasteiger partial charge is 0.330 e. The van der Waals surface area contributed by atoms with Gasteiger partial charge in [-0.05, 0) is 6.42 Å². The lowest BCUT2D eigenvalue weighted by Crippen LogP contribution is -2.47. The van der Waals surface area contributed by atoms with Crippen molar-refractivity contribution < 1.29 is 14.7 Å². The van der Waals surface area contributed by atoms with Crippen LogP contribution in [0.2, 0.25) is 0 Å². The van der Waals surface area contributed by atoms with Crippen molar-refractivity contribution in [3.05, 3.63) is 33.1 Å². The molecule has 3 heterocycles. The molecule has 0 aromatic carbocycles. The van der Waals surface area contributed by atoms with Gasteiger partial charge in [0.1, 0.15) is 17.7 Å². The number of aromatic nitrogens is 2. The molecule has 2 aliphatic heterocycles. The Kier molecular flexibility index (Phi) is 3.05. The third kappa shape index (κ3) is 1.69. The van der Waals surface area contributed by atoms with Crippen LogP contribution in [0.25, 0.3) is 0 Å². The number of nitrogens with one attached hydrogen (secondary N) is 1. The van der Waals surface area contributed by atoms with Gasteiger partial charge in [0.15, 0.2) is 6.23 Å². The molecule has 20 heavy (non-hydrogen) atoms. The van der Waals surface area contributed by atoms with Gasteiger partial charge in [0.05, 0.1) is 13.7 Å². The number of fused-ring (bicyclic) bond motifs is 2. The molecule has 8 heteroatoms. The number of aromatic amines is 1. The number of hydroxylamine groups is 2. The largest absolute Gasteiger partial charge is 0.388 e. The third-order valence-corrected chi connectivity index (χ3v) is 4.22. The minimum absolute atomic E-state index is 0.445. The zero-order valence-corrected chi connectivity index (χ0v) is 11.3. The van der Waals surface area contributed by atoms with Crippen LogP contribution < -0.4 is 11.2 Å². The first-order chi connectivity index (χ1) is 9.52. The summed E-state index contributed by atoms with van der Waals surface area (Å²) in [6.07, 6.45) is 0.523. The van der Waals surface area contributed by atoms with E-state index in [4.69, 9.17) is 9.57 Å². The van der Waals surface area contributed by atoms with Crippen LogP contribution in [0.1, 0.15) is 19.6 Å². The minimum atomic E-state index is -0.753. The van der Waals surface area contributed by atoms with Gasteiger partial charge in [-0.15, -0.1) is 0 Å². The first-order valence-electron chi connectivity index (χ1n) is 6.50. The zero-order valence-electron chi connectivity index (χ0n) is 11.3. The van der Waals surface area contributed by atoms with Crippen molar-refractivity contribution >= 4 is 0 Å². The lowest BCUT2D eigenvalue weighted by Gasteiger charge is -2.35. The van der Waals surface area contributed by atoms with Gasteiger partial charge in [-0.2, -0.15) is 5.06 Å². The van der Waals surface area contributed by atoms with E-state index in [9.17, 15) is 14.7 Å². The Bertz CT molecular complexity index is 626. The third-order valence-electron chi connectivity index (χ3n) is 4.22. The second-order valence-electron chi connectivity index (χ2n) is 5.14. The Morgan fingerprint density at radius 3 is 2.90 bits per heavy atom. The summed E-state index contributed by atoms with van der Waals surface area (Å²) in [6, 6.07) is 0.766. The maximum Gasteiger partial charge on any atom is 0.330 e. The topological polar surface area (TPSA) is 96.8 Å². The molecule has 0 amide bonds. The quantitative estimate of drug-likeness (QED) is 0.725. The van der Waals surface area contributed by atoms with Gasteiger partial charge in [0.25, 0.3) is 5.56 Å². The Morgan fingerprint density at radius 1 is 1.60 bits per heavy atom. The molecule has 0 saturated carbocycles. The van der Waals surface area contributed by atoms with E-state index in [2.05, 4.69) is 4.98 Å². The number of aliphatic hydroxyl groups is 1. The molecule has 4 atom stereocenters. The van der Waals surface area contributed by atoms with Crippen molar-refractivity contribution in [3.8, 4) is 0 Å². The van der Waals surface area contributed by atoms with Crippen LogP contribution >= 0.6 is 0 Å². The highest BCUT2D eigenvalue weighted by molar-refractivity contribution is 5.11. The molecule has 1 aromatic rings.